The van der Waals surface area contributed by atoms with Crippen LogP contribution in [0.1, 0.15) is 18.1 Å². The zero-order chi connectivity index (χ0) is 13.3. The summed E-state index contributed by atoms with van der Waals surface area (Å²) in [4.78, 5) is 0. The SMILES string of the molecule is CC(N)(c1cccc(Cl)c1)c1cc(F)ccc1F. The molecule has 2 aromatic rings. The van der Waals surface area contributed by atoms with Gasteiger partial charge in [0.25, 0.3) is 0 Å². The lowest BCUT2D eigenvalue weighted by Gasteiger charge is -2.26. The lowest BCUT2D eigenvalue weighted by Crippen LogP contribution is -2.35. The summed E-state index contributed by atoms with van der Waals surface area (Å²) >= 11 is 5.89. The van der Waals surface area contributed by atoms with Crippen LogP contribution in [0.5, 0.6) is 0 Å². The molecule has 0 fully saturated rings. The van der Waals surface area contributed by atoms with Gasteiger partial charge in [0.05, 0.1) is 5.54 Å². The Balaban J connectivity index is 2.57. The van der Waals surface area contributed by atoms with Crippen molar-refractivity contribution >= 4 is 11.6 Å². The summed E-state index contributed by atoms with van der Waals surface area (Å²) in [7, 11) is 0. The van der Waals surface area contributed by atoms with Crippen molar-refractivity contribution in [3.8, 4) is 0 Å². The third-order valence-electron chi connectivity index (χ3n) is 2.91. The van der Waals surface area contributed by atoms with Gasteiger partial charge in [0, 0.05) is 10.6 Å². The van der Waals surface area contributed by atoms with Crippen LogP contribution in [0.4, 0.5) is 8.78 Å². The number of benzene rings is 2. The molecule has 2 rings (SSSR count). The van der Waals surface area contributed by atoms with Gasteiger partial charge in [0.2, 0.25) is 0 Å². The fourth-order valence-corrected chi connectivity index (χ4v) is 2.05. The van der Waals surface area contributed by atoms with Crippen LogP contribution in [0, 0.1) is 11.6 Å². The molecule has 18 heavy (non-hydrogen) atoms. The number of hydrogen-bond acceptors (Lipinski definition) is 1. The first-order valence-electron chi connectivity index (χ1n) is 5.42. The van der Waals surface area contributed by atoms with E-state index in [-0.39, 0.29) is 5.56 Å². The van der Waals surface area contributed by atoms with E-state index in [2.05, 4.69) is 0 Å². The van der Waals surface area contributed by atoms with E-state index in [4.69, 9.17) is 17.3 Å². The summed E-state index contributed by atoms with van der Waals surface area (Å²) in [5.41, 5.74) is 5.72. The molecule has 1 unspecified atom stereocenters. The molecule has 0 spiro atoms. The van der Waals surface area contributed by atoms with Gasteiger partial charge in [-0.05, 0) is 42.8 Å². The van der Waals surface area contributed by atoms with Gasteiger partial charge >= 0.3 is 0 Å². The largest absolute Gasteiger partial charge is 0.318 e. The summed E-state index contributed by atoms with van der Waals surface area (Å²) in [5.74, 6) is -1.06. The summed E-state index contributed by atoms with van der Waals surface area (Å²) < 4.78 is 27.0. The maximum Gasteiger partial charge on any atom is 0.128 e. The lowest BCUT2D eigenvalue weighted by molar-refractivity contribution is 0.518. The molecule has 94 valence electrons. The minimum absolute atomic E-state index is 0.102. The summed E-state index contributed by atoms with van der Waals surface area (Å²) in [6.07, 6.45) is 0. The number of hydrogen-bond donors (Lipinski definition) is 1. The molecular weight excluding hydrogens is 256 g/mol. The Morgan fingerprint density at radius 2 is 1.83 bits per heavy atom. The van der Waals surface area contributed by atoms with E-state index in [1.807, 2.05) is 0 Å². The minimum atomic E-state index is -1.14. The summed E-state index contributed by atoms with van der Waals surface area (Å²) in [5, 5.41) is 0.501. The third kappa shape index (κ3) is 2.37. The van der Waals surface area contributed by atoms with E-state index in [0.717, 1.165) is 18.2 Å². The predicted molar refractivity (Wildman–Crippen MR) is 68.5 cm³/mol. The quantitative estimate of drug-likeness (QED) is 0.879. The van der Waals surface area contributed by atoms with Crippen molar-refractivity contribution in [1.29, 1.82) is 0 Å². The molecule has 1 nitrogen and oxygen atoms in total. The predicted octanol–water partition coefficient (Wildman–Crippen LogP) is 3.84. The van der Waals surface area contributed by atoms with Gasteiger partial charge in [-0.25, -0.2) is 8.78 Å². The average Bonchev–Trinajstić information content (AvgIpc) is 2.32. The molecule has 4 heteroatoms. The van der Waals surface area contributed by atoms with Gasteiger partial charge in [-0.15, -0.1) is 0 Å². The second kappa shape index (κ2) is 4.67. The number of nitrogens with two attached hydrogens (primary N) is 1. The fourth-order valence-electron chi connectivity index (χ4n) is 1.86. The normalized spacial score (nSPS) is 14.3. The van der Waals surface area contributed by atoms with Crippen LogP contribution in [0.25, 0.3) is 0 Å². The van der Waals surface area contributed by atoms with E-state index >= 15 is 0 Å². The molecule has 0 amide bonds. The number of rotatable bonds is 2. The monoisotopic (exact) mass is 267 g/mol. The second-order valence-corrected chi connectivity index (χ2v) is 4.77. The van der Waals surface area contributed by atoms with Crippen LogP contribution in [-0.4, -0.2) is 0 Å². The Hall–Kier alpha value is -1.45. The Morgan fingerprint density at radius 1 is 1.11 bits per heavy atom. The first-order valence-corrected chi connectivity index (χ1v) is 5.79. The summed E-state index contributed by atoms with van der Waals surface area (Å²) in [6.45, 7) is 1.62. The van der Waals surface area contributed by atoms with E-state index in [9.17, 15) is 8.78 Å². The van der Waals surface area contributed by atoms with Crippen LogP contribution >= 0.6 is 11.6 Å². The van der Waals surface area contributed by atoms with E-state index in [0.29, 0.717) is 10.6 Å². The highest BCUT2D eigenvalue weighted by Crippen LogP contribution is 2.30. The second-order valence-electron chi connectivity index (χ2n) is 4.34. The first kappa shape index (κ1) is 13.0. The van der Waals surface area contributed by atoms with Crippen LogP contribution in [-0.2, 0) is 5.54 Å². The highest BCUT2D eigenvalue weighted by atomic mass is 35.5. The molecule has 0 radical (unpaired) electrons. The maximum absolute atomic E-state index is 13.8. The first-order chi connectivity index (χ1) is 8.41. The smallest absolute Gasteiger partial charge is 0.128 e. The van der Waals surface area contributed by atoms with Gasteiger partial charge in [-0.1, -0.05) is 23.7 Å². The molecule has 0 aromatic heterocycles. The van der Waals surface area contributed by atoms with Crippen molar-refractivity contribution in [3.05, 3.63) is 70.2 Å². The molecule has 0 bridgehead atoms. The Kier molecular flexibility index (Phi) is 3.37. The van der Waals surface area contributed by atoms with Gasteiger partial charge in [-0.2, -0.15) is 0 Å². The summed E-state index contributed by atoms with van der Waals surface area (Å²) in [6, 6.07) is 10.0. The number of halogens is 3. The molecule has 0 aliphatic carbocycles. The van der Waals surface area contributed by atoms with Crippen molar-refractivity contribution in [2.24, 2.45) is 5.73 Å². The lowest BCUT2D eigenvalue weighted by atomic mass is 9.85. The molecule has 2 N–H and O–H groups in total. The highest BCUT2D eigenvalue weighted by Gasteiger charge is 2.27. The maximum atomic E-state index is 13.8. The van der Waals surface area contributed by atoms with E-state index in [1.165, 1.54) is 0 Å². The van der Waals surface area contributed by atoms with Gasteiger partial charge < -0.3 is 5.73 Å². The zero-order valence-electron chi connectivity index (χ0n) is 9.75. The van der Waals surface area contributed by atoms with Crippen LogP contribution in [0.3, 0.4) is 0 Å². The van der Waals surface area contributed by atoms with Crippen molar-refractivity contribution in [2.45, 2.75) is 12.5 Å². The minimum Gasteiger partial charge on any atom is -0.318 e. The van der Waals surface area contributed by atoms with Crippen LogP contribution in [0.15, 0.2) is 42.5 Å². The molecule has 2 aromatic carbocycles. The van der Waals surface area contributed by atoms with Crippen LogP contribution in [0.2, 0.25) is 5.02 Å². The molecule has 0 aliphatic rings. The molecular formula is C14H12ClF2N. The molecule has 0 saturated heterocycles. The van der Waals surface area contributed by atoms with E-state index < -0.39 is 17.2 Å². The topological polar surface area (TPSA) is 26.0 Å². The fraction of sp³-hybridized carbons (Fsp3) is 0.143. The van der Waals surface area contributed by atoms with Crippen molar-refractivity contribution < 1.29 is 8.78 Å². The van der Waals surface area contributed by atoms with Gasteiger partial charge in [-0.3, -0.25) is 0 Å². The van der Waals surface area contributed by atoms with Crippen LogP contribution < -0.4 is 5.73 Å². The standard InChI is InChI=1S/C14H12ClF2N/c1-14(18,9-3-2-4-10(15)7-9)12-8-11(16)5-6-13(12)17/h2-8H,18H2,1H3. The van der Waals surface area contributed by atoms with Gasteiger partial charge in [0.15, 0.2) is 0 Å². The molecule has 0 heterocycles. The molecule has 0 aliphatic heterocycles. The Bertz CT molecular complexity index is 582. The molecule has 1 atom stereocenters. The third-order valence-corrected chi connectivity index (χ3v) is 3.15. The van der Waals surface area contributed by atoms with Crippen molar-refractivity contribution in [2.75, 3.05) is 0 Å². The van der Waals surface area contributed by atoms with Gasteiger partial charge in [0.1, 0.15) is 11.6 Å². The average molecular weight is 268 g/mol. The molecule has 0 saturated carbocycles. The van der Waals surface area contributed by atoms with Crippen molar-refractivity contribution in [3.63, 3.8) is 0 Å². The van der Waals surface area contributed by atoms with E-state index in [1.54, 1.807) is 31.2 Å². The highest BCUT2D eigenvalue weighted by molar-refractivity contribution is 6.30. The zero-order valence-corrected chi connectivity index (χ0v) is 10.5. The Morgan fingerprint density at radius 3 is 2.50 bits per heavy atom. The van der Waals surface area contributed by atoms with Crippen molar-refractivity contribution in [1.82, 2.24) is 0 Å². The Labute approximate surface area is 109 Å².